The molecular formula is C12H12F2N4O2. The molecule has 0 fully saturated rings. The maximum absolute atomic E-state index is 13.2. The van der Waals surface area contributed by atoms with Gasteiger partial charge in [0.15, 0.2) is 5.82 Å². The lowest BCUT2D eigenvalue weighted by Gasteiger charge is -2.14. The summed E-state index contributed by atoms with van der Waals surface area (Å²) < 4.78 is 27.7. The Morgan fingerprint density at radius 2 is 2.00 bits per heavy atom. The van der Waals surface area contributed by atoms with Gasteiger partial charge in [-0.2, -0.15) is 0 Å². The Balaban J connectivity index is 2.43. The van der Waals surface area contributed by atoms with Crippen LogP contribution in [0.3, 0.4) is 0 Å². The molecule has 0 spiro atoms. The van der Waals surface area contributed by atoms with E-state index < -0.39 is 23.6 Å². The maximum atomic E-state index is 13.2. The summed E-state index contributed by atoms with van der Waals surface area (Å²) in [5, 5.41) is 19.8. The van der Waals surface area contributed by atoms with E-state index in [0.717, 1.165) is 18.2 Å². The predicted molar refractivity (Wildman–Crippen MR) is 64.7 cm³/mol. The van der Waals surface area contributed by atoms with Crippen LogP contribution in [0, 0.1) is 11.6 Å². The molecule has 1 unspecified atom stereocenters. The van der Waals surface area contributed by atoms with Crippen molar-refractivity contribution in [1.82, 2.24) is 20.2 Å². The zero-order chi connectivity index (χ0) is 14.7. The highest BCUT2D eigenvalue weighted by Crippen LogP contribution is 2.24. The summed E-state index contributed by atoms with van der Waals surface area (Å²) in [5.74, 6) is -2.36. The SMILES string of the molecule is CCC(CC(=O)O)n1nnnc1-c1cc(F)cc(F)c1. The van der Waals surface area contributed by atoms with Crippen molar-refractivity contribution in [2.24, 2.45) is 0 Å². The van der Waals surface area contributed by atoms with Gasteiger partial charge in [0, 0.05) is 11.6 Å². The van der Waals surface area contributed by atoms with Crippen LogP contribution in [0.2, 0.25) is 0 Å². The molecule has 0 aliphatic heterocycles. The largest absolute Gasteiger partial charge is 0.481 e. The Morgan fingerprint density at radius 3 is 2.55 bits per heavy atom. The minimum Gasteiger partial charge on any atom is -0.481 e. The summed E-state index contributed by atoms with van der Waals surface area (Å²) in [6, 6.07) is 2.45. The minimum atomic E-state index is -0.997. The molecule has 1 aromatic heterocycles. The van der Waals surface area contributed by atoms with Crippen molar-refractivity contribution in [2.45, 2.75) is 25.8 Å². The molecule has 1 atom stereocenters. The van der Waals surface area contributed by atoms with Gasteiger partial charge < -0.3 is 5.11 Å². The molecular weight excluding hydrogens is 270 g/mol. The summed E-state index contributed by atoms with van der Waals surface area (Å²) in [4.78, 5) is 10.8. The molecule has 0 saturated carbocycles. The van der Waals surface area contributed by atoms with Crippen molar-refractivity contribution in [3.63, 3.8) is 0 Å². The number of nitrogens with zero attached hydrogens (tertiary/aromatic N) is 4. The second kappa shape index (κ2) is 5.72. The predicted octanol–water partition coefficient (Wildman–Crippen LogP) is 2.04. The van der Waals surface area contributed by atoms with Gasteiger partial charge in [0.1, 0.15) is 11.6 Å². The first-order chi connectivity index (χ1) is 9.51. The first-order valence-electron chi connectivity index (χ1n) is 5.97. The number of tetrazole rings is 1. The first kappa shape index (κ1) is 14.0. The molecule has 6 nitrogen and oxygen atoms in total. The lowest BCUT2D eigenvalue weighted by molar-refractivity contribution is -0.138. The van der Waals surface area contributed by atoms with Crippen LogP contribution in [0.15, 0.2) is 18.2 Å². The van der Waals surface area contributed by atoms with E-state index in [4.69, 9.17) is 5.11 Å². The van der Waals surface area contributed by atoms with Gasteiger partial charge in [0.25, 0.3) is 0 Å². The second-order valence-electron chi connectivity index (χ2n) is 4.27. The monoisotopic (exact) mass is 282 g/mol. The first-order valence-corrected chi connectivity index (χ1v) is 5.97. The summed E-state index contributed by atoms with van der Waals surface area (Å²) >= 11 is 0. The van der Waals surface area contributed by atoms with Gasteiger partial charge in [-0.15, -0.1) is 5.10 Å². The third-order valence-electron chi connectivity index (χ3n) is 2.84. The molecule has 0 bridgehead atoms. The number of carbonyl (C=O) groups is 1. The van der Waals surface area contributed by atoms with Crippen LogP contribution in [0.5, 0.6) is 0 Å². The molecule has 1 N–H and O–H groups in total. The quantitative estimate of drug-likeness (QED) is 0.907. The third kappa shape index (κ3) is 2.95. The molecule has 0 saturated heterocycles. The Bertz CT molecular complexity index is 609. The molecule has 20 heavy (non-hydrogen) atoms. The standard InChI is InChI=1S/C12H12F2N4O2/c1-2-10(6-11(19)20)18-12(15-16-17-18)7-3-8(13)5-9(14)4-7/h3-5,10H,2,6H2,1H3,(H,19,20). The van der Waals surface area contributed by atoms with Crippen molar-refractivity contribution in [3.8, 4) is 11.4 Å². The molecule has 2 rings (SSSR count). The maximum Gasteiger partial charge on any atom is 0.305 e. The summed E-state index contributed by atoms with van der Waals surface area (Å²) in [6.07, 6.45) is 0.300. The number of carboxylic acids is 1. The molecule has 0 aliphatic rings. The summed E-state index contributed by atoms with van der Waals surface area (Å²) in [5.41, 5.74) is 0.163. The molecule has 106 valence electrons. The van der Waals surface area contributed by atoms with Crippen molar-refractivity contribution >= 4 is 5.97 Å². The van der Waals surface area contributed by atoms with E-state index in [2.05, 4.69) is 15.5 Å². The van der Waals surface area contributed by atoms with Crippen molar-refractivity contribution in [2.75, 3.05) is 0 Å². The zero-order valence-electron chi connectivity index (χ0n) is 10.6. The van der Waals surface area contributed by atoms with E-state index in [0.29, 0.717) is 6.42 Å². The van der Waals surface area contributed by atoms with Crippen LogP contribution in [0.1, 0.15) is 25.8 Å². The number of rotatable bonds is 5. The highest BCUT2D eigenvalue weighted by molar-refractivity contribution is 5.67. The average Bonchev–Trinajstić information content (AvgIpc) is 2.83. The van der Waals surface area contributed by atoms with Crippen molar-refractivity contribution in [1.29, 1.82) is 0 Å². The highest BCUT2D eigenvalue weighted by Gasteiger charge is 2.20. The van der Waals surface area contributed by atoms with Gasteiger partial charge >= 0.3 is 5.97 Å². The minimum absolute atomic E-state index is 0.136. The lowest BCUT2D eigenvalue weighted by Crippen LogP contribution is -2.15. The van der Waals surface area contributed by atoms with Gasteiger partial charge in [-0.25, -0.2) is 13.5 Å². The number of aliphatic carboxylic acids is 1. The molecule has 0 amide bonds. The zero-order valence-corrected chi connectivity index (χ0v) is 10.6. The Labute approximate surface area is 113 Å². The highest BCUT2D eigenvalue weighted by atomic mass is 19.1. The number of hydrogen-bond acceptors (Lipinski definition) is 4. The topological polar surface area (TPSA) is 80.9 Å². The van der Waals surface area contributed by atoms with E-state index in [9.17, 15) is 13.6 Å². The van der Waals surface area contributed by atoms with E-state index in [1.54, 1.807) is 6.92 Å². The fourth-order valence-corrected chi connectivity index (χ4v) is 1.92. The molecule has 0 aliphatic carbocycles. The lowest BCUT2D eigenvalue weighted by atomic mass is 10.1. The van der Waals surface area contributed by atoms with E-state index in [1.807, 2.05) is 0 Å². The normalized spacial score (nSPS) is 12.3. The van der Waals surface area contributed by atoms with Crippen LogP contribution in [-0.2, 0) is 4.79 Å². The average molecular weight is 282 g/mol. The van der Waals surface area contributed by atoms with E-state index in [1.165, 1.54) is 4.68 Å². The number of aromatic nitrogens is 4. The van der Waals surface area contributed by atoms with Crippen LogP contribution in [0.25, 0.3) is 11.4 Å². The van der Waals surface area contributed by atoms with Crippen LogP contribution < -0.4 is 0 Å². The van der Waals surface area contributed by atoms with Crippen molar-refractivity contribution < 1.29 is 18.7 Å². The van der Waals surface area contributed by atoms with Gasteiger partial charge in [-0.1, -0.05) is 6.92 Å². The number of hydrogen-bond donors (Lipinski definition) is 1. The Kier molecular flexibility index (Phi) is 4.02. The molecule has 8 heteroatoms. The second-order valence-corrected chi connectivity index (χ2v) is 4.27. The van der Waals surface area contributed by atoms with Crippen LogP contribution >= 0.6 is 0 Å². The molecule has 1 heterocycles. The fraction of sp³-hybridized carbons (Fsp3) is 0.333. The number of benzene rings is 1. The van der Waals surface area contributed by atoms with Crippen molar-refractivity contribution in [3.05, 3.63) is 29.8 Å². The van der Waals surface area contributed by atoms with Gasteiger partial charge in [0.2, 0.25) is 0 Å². The Morgan fingerprint density at radius 1 is 1.35 bits per heavy atom. The number of carboxylic acid groups (broad SMARTS) is 1. The molecule has 2 aromatic rings. The third-order valence-corrected chi connectivity index (χ3v) is 2.84. The van der Waals surface area contributed by atoms with E-state index >= 15 is 0 Å². The van der Waals surface area contributed by atoms with Crippen LogP contribution in [-0.4, -0.2) is 31.3 Å². The number of halogens is 2. The summed E-state index contributed by atoms with van der Waals surface area (Å²) in [7, 11) is 0. The molecule has 0 radical (unpaired) electrons. The van der Waals surface area contributed by atoms with Gasteiger partial charge in [-0.3, -0.25) is 4.79 Å². The molecule has 1 aromatic carbocycles. The van der Waals surface area contributed by atoms with Crippen LogP contribution in [0.4, 0.5) is 8.78 Å². The van der Waals surface area contributed by atoms with E-state index in [-0.39, 0.29) is 17.8 Å². The van der Waals surface area contributed by atoms with Gasteiger partial charge in [0.05, 0.1) is 12.5 Å². The Hall–Kier alpha value is -2.38. The fourth-order valence-electron chi connectivity index (χ4n) is 1.92. The van der Waals surface area contributed by atoms with Gasteiger partial charge in [-0.05, 0) is 29.0 Å². The summed E-state index contributed by atoms with van der Waals surface area (Å²) in [6.45, 7) is 1.78. The smallest absolute Gasteiger partial charge is 0.305 e.